The number of nitrogens with zero attached hydrogens (tertiary/aromatic N) is 3. The molecule has 1 amide bonds. The number of benzene rings is 2. The molecule has 0 aliphatic rings. The Hall–Kier alpha value is -4.88. The van der Waals surface area contributed by atoms with Gasteiger partial charge in [-0.05, 0) is 39.0 Å². The minimum absolute atomic E-state index is 0.00427. The first-order valence-corrected chi connectivity index (χ1v) is 11.1. The fraction of sp³-hybridized carbons (Fsp3) is 0.292. The molecule has 202 valence electrons. The molecule has 2 aromatic carbocycles. The van der Waals surface area contributed by atoms with Gasteiger partial charge < -0.3 is 29.6 Å². The van der Waals surface area contributed by atoms with Crippen LogP contribution in [0.25, 0.3) is 0 Å². The van der Waals surface area contributed by atoms with Gasteiger partial charge in [-0.2, -0.15) is 9.37 Å². The number of methoxy groups -OCH3 is 3. The summed E-state index contributed by atoms with van der Waals surface area (Å²) in [5.41, 5.74) is -0.531. The Morgan fingerprint density at radius 2 is 1.63 bits per heavy atom. The Bertz CT molecular complexity index is 1350. The molecule has 13 nitrogen and oxygen atoms in total. The lowest BCUT2D eigenvalue weighted by molar-refractivity contribution is -0.387. The van der Waals surface area contributed by atoms with E-state index in [4.69, 9.17) is 18.9 Å². The molecule has 0 unspecified atom stereocenters. The fourth-order valence-corrected chi connectivity index (χ4v) is 3.17. The van der Waals surface area contributed by atoms with Crippen LogP contribution in [0, 0.1) is 15.9 Å². The number of hydrogen-bond acceptors (Lipinski definition) is 11. The Balaban J connectivity index is 1.94. The third-order valence-corrected chi connectivity index (χ3v) is 4.79. The minimum Gasteiger partial charge on any atom is -0.495 e. The minimum atomic E-state index is -1.05. The Labute approximate surface area is 217 Å². The lowest BCUT2D eigenvalue weighted by atomic mass is 10.2. The summed E-state index contributed by atoms with van der Waals surface area (Å²) in [5.74, 6) is -0.194. The number of ether oxygens (including phenoxy) is 4. The SMILES string of the molecule is COc1cc(F)c([N+](=O)[O-])cc1Nc1ncc(OC)c(Nc2cc(NC(=O)OC(C)(C)C)ccc2OC)n1. The number of nitro groups is 1. The average Bonchev–Trinajstić information content (AvgIpc) is 2.84. The summed E-state index contributed by atoms with van der Waals surface area (Å²) in [4.78, 5) is 31.0. The van der Waals surface area contributed by atoms with Gasteiger partial charge in [-0.3, -0.25) is 15.4 Å². The van der Waals surface area contributed by atoms with Gasteiger partial charge in [0, 0.05) is 17.8 Å². The highest BCUT2D eigenvalue weighted by atomic mass is 19.1. The molecule has 0 aliphatic heterocycles. The number of rotatable bonds is 9. The first kappa shape index (κ1) is 27.7. The maximum atomic E-state index is 14.0. The number of carbonyl (C=O) groups is 1. The van der Waals surface area contributed by atoms with E-state index in [-0.39, 0.29) is 29.0 Å². The highest BCUT2D eigenvalue weighted by Crippen LogP contribution is 2.36. The van der Waals surface area contributed by atoms with E-state index in [1.165, 1.54) is 27.5 Å². The van der Waals surface area contributed by atoms with E-state index < -0.39 is 28.1 Å². The van der Waals surface area contributed by atoms with Gasteiger partial charge in [0.25, 0.3) is 0 Å². The van der Waals surface area contributed by atoms with E-state index in [1.54, 1.807) is 39.0 Å². The molecule has 0 atom stereocenters. The van der Waals surface area contributed by atoms with Crippen LogP contribution in [-0.4, -0.2) is 47.9 Å². The zero-order valence-electron chi connectivity index (χ0n) is 21.5. The first-order valence-electron chi connectivity index (χ1n) is 11.1. The molecule has 3 N–H and O–H groups in total. The second-order valence-corrected chi connectivity index (χ2v) is 8.66. The lowest BCUT2D eigenvalue weighted by Crippen LogP contribution is -2.27. The van der Waals surface area contributed by atoms with Crippen molar-refractivity contribution in [2.45, 2.75) is 26.4 Å². The van der Waals surface area contributed by atoms with Crippen molar-refractivity contribution in [1.82, 2.24) is 9.97 Å². The molecule has 0 fully saturated rings. The van der Waals surface area contributed by atoms with E-state index in [9.17, 15) is 19.3 Å². The monoisotopic (exact) mass is 530 g/mol. The number of amides is 1. The van der Waals surface area contributed by atoms with E-state index in [2.05, 4.69) is 25.9 Å². The standard InChI is InChI=1S/C24H27FN6O7/c1-24(2,3)38-23(32)27-13-7-8-18(35-4)15(9-13)28-21-20(37-6)12-26-22(30-21)29-16-11-17(31(33)34)14(25)10-19(16)36-5/h7-12H,1-6H3,(H,27,32)(H2,26,28,29,30). The van der Waals surface area contributed by atoms with E-state index in [1.807, 2.05) is 0 Å². The van der Waals surface area contributed by atoms with Crippen LogP contribution in [0.1, 0.15) is 20.8 Å². The van der Waals surface area contributed by atoms with Crippen LogP contribution in [-0.2, 0) is 4.74 Å². The summed E-state index contributed by atoms with van der Waals surface area (Å²) in [6.07, 6.45) is 0.722. The molecule has 38 heavy (non-hydrogen) atoms. The van der Waals surface area contributed by atoms with Gasteiger partial charge >= 0.3 is 11.8 Å². The molecule has 0 bridgehead atoms. The van der Waals surface area contributed by atoms with Gasteiger partial charge in [-0.1, -0.05) is 0 Å². The van der Waals surface area contributed by atoms with Crippen molar-refractivity contribution in [3.05, 3.63) is 52.5 Å². The van der Waals surface area contributed by atoms with E-state index >= 15 is 0 Å². The van der Waals surface area contributed by atoms with Gasteiger partial charge in [0.15, 0.2) is 11.6 Å². The van der Waals surface area contributed by atoms with Gasteiger partial charge in [-0.15, -0.1) is 0 Å². The summed E-state index contributed by atoms with van der Waals surface area (Å²) in [7, 11) is 4.18. The van der Waals surface area contributed by atoms with Crippen molar-refractivity contribution in [3.8, 4) is 17.2 Å². The van der Waals surface area contributed by atoms with Crippen LogP contribution in [0.3, 0.4) is 0 Å². The van der Waals surface area contributed by atoms with Crippen LogP contribution < -0.4 is 30.2 Å². The summed E-state index contributed by atoms with van der Waals surface area (Å²) in [5, 5.41) is 19.7. The zero-order valence-corrected chi connectivity index (χ0v) is 21.5. The summed E-state index contributed by atoms with van der Waals surface area (Å²) in [6.45, 7) is 5.25. The van der Waals surface area contributed by atoms with Crippen LogP contribution in [0.5, 0.6) is 17.2 Å². The van der Waals surface area contributed by atoms with Gasteiger partial charge in [0.2, 0.25) is 11.8 Å². The Kier molecular flexibility index (Phi) is 8.35. The van der Waals surface area contributed by atoms with Crippen molar-refractivity contribution >= 4 is 40.6 Å². The molecule has 1 heterocycles. The van der Waals surface area contributed by atoms with Crippen LogP contribution in [0.4, 0.5) is 43.7 Å². The maximum Gasteiger partial charge on any atom is 0.412 e. The molecular formula is C24H27FN6O7. The topological polar surface area (TPSA) is 159 Å². The normalized spacial score (nSPS) is 10.8. The highest BCUT2D eigenvalue weighted by molar-refractivity contribution is 5.87. The third-order valence-electron chi connectivity index (χ3n) is 4.79. The quantitative estimate of drug-likeness (QED) is 0.241. The zero-order chi connectivity index (χ0) is 28.0. The fourth-order valence-electron chi connectivity index (χ4n) is 3.17. The highest BCUT2D eigenvalue weighted by Gasteiger charge is 2.21. The second-order valence-electron chi connectivity index (χ2n) is 8.66. The van der Waals surface area contributed by atoms with Gasteiger partial charge in [0.1, 0.15) is 17.1 Å². The second kappa shape index (κ2) is 11.5. The maximum absolute atomic E-state index is 14.0. The van der Waals surface area contributed by atoms with Gasteiger partial charge in [-0.25, -0.2) is 9.78 Å². The number of anilines is 5. The number of halogens is 1. The van der Waals surface area contributed by atoms with Crippen molar-refractivity contribution in [3.63, 3.8) is 0 Å². The van der Waals surface area contributed by atoms with Crippen LogP contribution >= 0.6 is 0 Å². The van der Waals surface area contributed by atoms with Crippen molar-refractivity contribution in [1.29, 1.82) is 0 Å². The summed E-state index contributed by atoms with van der Waals surface area (Å²) in [6, 6.07) is 6.72. The molecule has 0 radical (unpaired) electrons. The average molecular weight is 531 g/mol. The Morgan fingerprint density at radius 1 is 0.974 bits per heavy atom. The summed E-state index contributed by atoms with van der Waals surface area (Å²) < 4.78 is 35.2. The largest absolute Gasteiger partial charge is 0.495 e. The molecule has 3 rings (SSSR count). The van der Waals surface area contributed by atoms with Crippen molar-refractivity contribution < 1.29 is 33.1 Å². The van der Waals surface area contributed by atoms with Crippen LogP contribution in [0.2, 0.25) is 0 Å². The molecule has 3 aromatic rings. The van der Waals surface area contributed by atoms with Gasteiger partial charge in [0.05, 0.1) is 43.8 Å². The molecule has 0 saturated heterocycles. The number of nitrogens with one attached hydrogen (secondary N) is 3. The van der Waals surface area contributed by atoms with Crippen molar-refractivity contribution in [2.24, 2.45) is 0 Å². The molecule has 14 heteroatoms. The van der Waals surface area contributed by atoms with E-state index in [0.29, 0.717) is 17.1 Å². The molecule has 0 aliphatic carbocycles. The number of aromatic nitrogens is 2. The predicted octanol–water partition coefficient (Wildman–Crippen LogP) is 5.38. The number of nitro benzene ring substituents is 1. The molecule has 1 aromatic heterocycles. The smallest absolute Gasteiger partial charge is 0.412 e. The van der Waals surface area contributed by atoms with Crippen molar-refractivity contribution in [2.75, 3.05) is 37.3 Å². The number of hydrogen-bond donors (Lipinski definition) is 3. The molecule has 0 saturated carbocycles. The lowest BCUT2D eigenvalue weighted by Gasteiger charge is -2.20. The van der Waals surface area contributed by atoms with E-state index in [0.717, 1.165) is 12.1 Å². The Morgan fingerprint density at radius 3 is 2.24 bits per heavy atom. The number of carbonyl (C=O) groups excluding carboxylic acids is 1. The molecular weight excluding hydrogens is 503 g/mol. The third kappa shape index (κ3) is 6.87. The summed E-state index contributed by atoms with van der Waals surface area (Å²) >= 11 is 0. The predicted molar refractivity (Wildman–Crippen MR) is 138 cm³/mol. The van der Waals surface area contributed by atoms with Crippen LogP contribution in [0.15, 0.2) is 36.5 Å². The first-order chi connectivity index (χ1) is 17.9. The molecule has 0 spiro atoms.